The maximum Gasteiger partial charge on any atom is 0.416 e. The van der Waals surface area contributed by atoms with Crippen LogP contribution in [0.4, 0.5) is 13.2 Å². The van der Waals surface area contributed by atoms with Gasteiger partial charge in [-0.2, -0.15) is 17.5 Å². The summed E-state index contributed by atoms with van der Waals surface area (Å²) in [6.45, 7) is 0.0187. The standard InChI is InChI=1S/C16H21F3N2O3S/c1-20(11-12-7-3-4-8-13(12)16(17,18)19)15(22)14-9-5-6-10-21(14)25(2,23)24/h3-4,7-8,14H,5-6,9-11H2,1-2H3. The topological polar surface area (TPSA) is 57.7 Å². The summed E-state index contributed by atoms with van der Waals surface area (Å²) in [5.74, 6) is -0.484. The molecule has 1 amide bonds. The van der Waals surface area contributed by atoms with Crippen LogP contribution in [0.1, 0.15) is 30.4 Å². The maximum absolute atomic E-state index is 13.1. The van der Waals surface area contributed by atoms with Crippen molar-refractivity contribution >= 4 is 15.9 Å². The Bertz CT molecular complexity index is 734. The summed E-state index contributed by atoms with van der Waals surface area (Å²) in [5.41, 5.74) is -0.814. The van der Waals surface area contributed by atoms with Gasteiger partial charge in [0.25, 0.3) is 0 Å². The molecule has 1 heterocycles. The van der Waals surface area contributed by atoms with Gasteiger partial charge in [-0.05, 0) is 24.5 Å². The molecule has 25 heavy (non-hydrogen) atoms. The van der Waals surface area contributed by atoms with Gasteiger partial charge in [0.2, 0.25) is 15.9 Å². The Morgan fingerprint density at radius 3 is 2.52 bits per heavy atom. The molecule has 1 aliphatic heterocycles. The van der Waals surface area contributed by atoms with E-state index in [1.807, 2.05) is 0 Å². The number of nitrogens with zero attached hydrogens (tertiary/aromatic N) is 2. The zero-order chi connectivity index (χ0) is 18.8. The van der Waals surface area contributed by atoms with E-state index in [0.29, 0.717) is 19.3 Å². The first kappa shape index (κ1) is 19.7. The molecule has 0 radical (unpaired) electrons. The van der Waals surface area contributed by atoms with Crippen molar-refractivity contribution in [3.05, 3.63) is 35.4 Å². The lowest BCUT2D eigenvalue weighted by Crippen LogP contribution is -2.51. The Morgan fingerprint density at radius 2 is 1.92 bits per heavy atom. The quantitative estimate of drug-likeness (QED) is 0.809. The van der Waals surface area contributed by atoms with Crippen molar-refractivity contribution in [2.24, 2.45) is 0 Å². The van der Waals surface area contributed by atoms with Crippen molar-refractivity contribution in [1.29, 1.82) is 0 Å². The Labute approximate surface area is 145 Å². The summed E-state index contributed by atoms with van der Waals surface area (Å²) < 4.78 is 64.1. The molecule has 1 aromatic rings. The number of hydrogen-bond acceptors (Lipinski definition) is 3. The number of carbonyl (C=O) groups excluding carboxylic acids is 1. The third kappa shape index (κ3) is 4.72. The molecule has 0 spiro atoms. The van der Waals surface area contributed by atoms with Crippen LogP contribution >= 0.6 is 0 Å². The van der Waals surface area contributed by atoms with Crippen LogP contribution in [0.25, 0.3) is 0 Å². The molecule has 0 aromatic heterocycles. The average Bonchev–Trinajstić information content (AvgIpc) is 2.52. The number of halogens is 3. The van der Waals surface area contributed by atoms with E-state index < -0.39 is 33.7 Å². The molecule has 5 nitrogen and oxygen atoms in total. The lowest BCUT2D eigenvalue weighted by atomic mass is 10.0. The number of rotatable bonds is 4. The Balaban J connectivity index is 2.21. The Morgan fingerprint density at radius 1 is 1.28 bits per heavy atom. The molecular weight excluding hydrogens is 357 g/mol. The van der Waals surface area contributed by atoms with Crippen molar-refractivity contribution in [3.63, 3.8) is 0 Å². The lowest BCUT2D eigenvalue weighted by molar-refractivity contribution is -0.140. The lowest BCUT2D eigenvalue weighted by Gasteiger charge is -2.35. The number of alkyl halides is 3. The van der Waals surface area contributed by atoms with Crippen LogP contribution in [0.2, 0.25) is 0 Å². The van der Waals surface area contributed by atoms with Gasteiger partial charge >= 0.3 is 6.18 Å². The van der Waals surface area contributed by atoms with Crippen LogP contribution < -0.4 is 0 Å². The highest BCUT2D eigenvalue weighted by molar-refractivity contribution is 7.88. The molecule has 0 bridgehead atoms. The molecular formula is C16H21F3N2O3S. The third-order valence-corrected chi connectivity index (χ3v) is 5.56. The highest BCUT2D eigenvalue weighted by Crippen LogP contribution is 2.32. The Hall–Kier alpha value is -1.61. The van der Waals surface area contributed by atoms with Gasteiger partial charge in [0.1, 0.15) is 6.04 Å². The summed E-state index contributed by atoms with van der Waals surface area (Å²) in [6.07, 6.45) is -1.73. The fraction of sp³-hybridized carbons (Fsp3) is 0.562. The maximum atomic E-state index is 13.1. The number of piperidine rings is 1. The van der Waals surface area contributed by atoms with E-state index in [0.717, 1.165) is 16.6 Å². The molecule has 140 valence electrons. The van der Waals surface area contributed by atoms with Gasteiger partial charge < -0.3 is 4.90 Å². The SMILES string of the molecule is CN(Cc1ccccc1C(F)(F)F)C(=O)C1CCCCN1S(C)(=O)=O. The second-order valence-corrected chi connectivity index (χ2v) is 8.17. The van der Waals surface area contributed by atoms with Crippen LogP contribution in [-0.4, -0.2) is 49.4 Å². The number of benzene rings is 1. The fourth-order valence-electron chi connectivity index (χ4n) is 3.07. The number of hydrogen-bond donors (Lipinski definition) is 0. The normalized spacial score (nSPS) is 19.6. The third-order valence-electron chi connectivity index (χ3n) is 4.27. The van der Waals surface area contributed by atoms with Crippen molar-refractivity contribution in [2.75, 3.05) is 19.8 Å². The second kappa shape index (κ2) is 7.33. The van der Waals surface area contributed by atoms with Crippen LogP contribution in [0.5, 0.6) is 0 Å². The van der Waals surface area contributed by atoms with Gasteiger partial charge in [-0.3, -0.25) is 4.79 Å². The molecule has 1 aliphatic rings. The van der Waals surface area contributed by atoms with Crippen molar-refractivity contribution in [3.8, 4) is 0 Å². The fourth-order valence-corrected chi connectivity index (χ4v) is 4.19. The van der Waals surface area contributed by atoms with E-state index >= 15 is 0 Å². The molecule has 9 heteroatoms. The van der Waals surface area contributed by atoms with E-state index in [1.165, 1.54) is 30.1 Å². The first-order chi connectivity index (χ1) is 11.5. The molecule has 0 saturated carbocycles. The van der Waals surface area contributed by atoms with Gasteiger partial charge in [-0.15, -0.1) is 0 Å². The van der Waals surface area contributed by atoms with E-state index in [1.54, 1.807) is 0 Å². The second-order valence-electron chi connectivity index (χ2n) is 6.23. The number of carbonyl (C=O) groups is 1. The van der Waals surface area contributed by atoms with Crippen LogP contribution in [0.3, 0.4) is 0 Å². The molecule has 0 aliphatic carbocycles. The first-order valence-corrected chi connectivity index (χ1v) is 9.73. The molecule has 1 atom stereocenters. The van der Waals surface area contributed by atoms with Gasteiger partial charge in [-0.1, -0.05) is 24.6 Å². The summed E-state index contributed by atoms with van der Waals surface area (Å²) in [6, 6.07) is 4.21. The first-order valence-electron chi connectivity index (χ1n) is 7.88. The van der Waals surface area contributed by atoms with E-state index in [4.69, 9.17) is 0 Å². The zero-order valence-electron chi connectivity index (χ0n) is 14.1. The summed E-state index contributed by atoms with van der Waals surface area (Å²) >= 11 is 0. The number of likely N-dealkylation sites (N-methyl/N-ethyl adjacent to an activating group) is 1. The smallest absolute Gasteiger partial charge is 0.340 e. The van der Waals surface area contributed by atoms with Gasteiger partial charge in [0, 0.05) is 20.1 Å². The highest BCUT2D eigenvalue weighted by Gasteiger charge is 2.37. The molecule has 1 saturated heterocycles. The predicted octanol–water partition coefficient (Wildman–Crippen LogP) is 2.48. The minimum absolute atomic E-state index is 0.0208. The number of amides is 1. The molecule has 1 aromatic carbocycles. The molecule has 1 unspecified atom stereocenters. The predicted molar refractivity (Wildman–Crippen MR) is 87.1 cm³/mol. The van der Waals surface area contributed by atoms with Gasteiger partial charge in [-0.25, -0.2) is 8.42 Å². The van der Waals surface area contributed by atoms with Crippen LogP contribution in [0.15, 0.2) is 24.3 Å². The largest absolute Gasteiger partial charge is 0.416 e. The molecule has 1 fully saturated rings. The monoisotopic (exact) mass is 378 g/mol. The summed E-state index contributed by atoms with van der Waals surface area (Å²) in [5, 5.41) is 0. The van der Waals surface area contributed by atoms with E-state index in [9.17, 15) is 26.4 Å². The minimum Gasteiger partial charge on any atom is -0.340 e. The zero-order valence-corrected chi connectivity index (χ0v) is 14.9. The van der Waals surface area contributed by atoms with Crippen molar-refractivity contribution in [2.45, 2.75) is 38.0 Å². The van der Waals surface area contributed by atoms with Gasteiger partial charge in [0.15, 0.2) is 0 Å². The average molecular weight is 378 g/mol. The van der Waals surface area contributed by atoms with E-state index in [-0.39, 0.29) is 18.7 Å². The van der Waals surface area contributed by atoms with Gasteiger partial charge in [0.05, 0.1) is 11.8 Å². The number of sulfonamides is 1. The van der Waals surface area contributed by atoms with Crippen LogP contribution in [-0.2, 0) is 27.5 Å². The van der Waals surface area contributed by atoms with Crippen molar-refractivity contribution in [1.82, 2.24) is 9.21 Å². The minimum atomic E-state index is -4.51. The van der Waals surface area contributed by atoms with Crippen molar-refractivity contribution < 1.29 is 26.4 Å². The summed E-state index contributed by atoms with van der Waals surface area (Å²) in [7, 11) is -2.16. The Kier molecular flexibility index (Phi) is 5.78. The molecule has 0 N–H and O–H groups in total. The molecule has 2 rings (SSSR count). The van der Waals surface area contributed by atoms with Crippen LogP contribution in [0, 0.1) is 0 Å². The van der Waals surface area contributed by atoms with E-state index in [2.05, 4.69) is 0 Å². The highest BCUT2D eigenvalue weighted by atomic mass is 32.2. The summed E-state index contributed by atoms with van der Waals surface area (Å²) in [4.78, 5) is 13.8.